The highest BCUT2D eigenvalue weighted by Gasteiger charge is 2.35. The van der Waals surface area contributed by atoms with Gasteiger partial charge in [0.15, 0.2) is 5.69 Å². The maximum absolute atomic E-state index is 12.8. The van der Waals surface area contributed by atoms with Crippen LogP contribution in [0.25, 0.3) is 0 Å². The molecular weight excluding hydrogens is 365 g/mol. The molecule has 0 spiro atoms. The number of amides is 2. The molecular formula is C16H19F3N6O2. The maximum Gasteiger partial charge on any atom is 0.435 e. The fraction of sp³-hybridized carbons (Fsp3) is 0.500. The van der Waals surface area contributed by atoms with Gasteiger partial charge in [0.05, 0.1) is 11.9 Å². The molecule has 0 atom stereocenters. The molecule has 0 bridgehead atoms. The van der Waals surface area contributed by atoms with Gasteiger partial charge in [0.25, 0.3) is 11.8 Å². The van der Waals surface area contributed by atoms with Crippen LogP contribution in [0.3, 0.4) is 0 Å². The summed E-state index contributed by atoms with van der Waals surface area (Å²) in [6.45, 7) is 1.24. The smallest absolute Gasteiger partial charge is 0.337 e. The normalized spacial score (nSPS) is 15.1. The highest BCUT2D eigenvalue weighted by Crippen LogP contribution is 2.28. The molecule has 1 aliphatic rings. The first-order valence-electron chi connectivity index (χ1n) is 8.42. The summed E-state index contributed by atoms with van der Waals surface area (Å²) in [5.74, 6) is -1.08. The van der Waals surface area contributed by atoms with Crippen molar-refractivity contribution in [2.24, 2.45) is 14.1 Å². The van der Waals surface area contributed by atoms with Crippen LogP contribution in [0.15, 0.2) is 12.3 Å². The summed E-state index contributed by atoms with van der Waals surface area (Å²) in [6.07, 6.45) is -0.488. The van der Waals surface area contributed by atoms with Crippen LogP contribution in [-0.4, -0.2) is 49.4 Å². The van der Waals surface area contributed by atoms with Crippen molar-refractivity contribution in [3.05, 3.63) is 29.3 Å². The standard InChI is InChI=1S/C16H19F3N6O2/c1-23-11(8-12(22-23)16(17,18)19)14(26)21-10-9-20-24(2)13(10)15(27)25-6-4-3-5-7-25/h8-9H,3-7H2,1-2H3,(H,21,26). The van der Waals surface area contributed by atoms with Crippen LogP contribution < -0.4 is 5.32 Å². The van der Waals surface area contributed by atoms with Gasteiger partial charge in [-0.05, 0) is 19.3 Å². The van der Waals surface area contributed by atoms with Crippen molar-refractivity contribution in [3.8, 4) is 0 Å². The average molecular weight is 384 g/mol. The predicted octanol–water partition coefficient (Wildman–Crippen LogP) is 2.05. The molecule has 3 rings (SSSR count). The van der Waals surface area contributed by atoms with E-state index in [4.69, 9.17) is 0 Å². The first-order valence-corrected chi connectivity index (χ1v) is 8.42. The van der Waals surface area contributed by atoms with Gasteiger partial charge in [0.2, 0.25) is 0 Å². The SMILES string of the molecule is Cn1nc(C(F)(F)F)cc1C(=O)Nc1cnn(C)c1C(=O)N1CCCCC1. The molecule has 8 nitrogen and oxygen atoms in total. The zero-order chi connectivity index (χ0) is 19.8. The summed E-state index contributed by atoms with van der Waals surface area (Å²) < 4.78 is 40.5. The Bertz CT molecular complexity index is 864. The number of carbonyl (C=O) groups is 2. The van der Waals surface area contributed by atoms with E-state index in [1.54, 1.807) is 11.9 Å². The van der Waals surface area contributed by atoms with Gasteiger partial charge >= 0.3 is 6.18 Å². The summed E-state index contributed by atoms with van der Waals surface area (Å²) in [7, 11) is 2.81. The minimum Gasteiger partial charge on any atom is -0.337 e. The number of halogens is 3. The second kappa shape index (κ2) is 7.05. The van der Waals surface area contributed by atoms with Crippen LogP contribution >= 0.6 is 0 Å². The first-order chi connectivity index (χ1) is 12.7. The number of nitrogens with zero attached hydrogens (tertiary/aromatic N) is 5. The molecule has 0 aliphatic carbocycles. The van der Waals surface area contributed by atoms with E-state index in [1.807, 2.05) is 0 Å². The lowest BCUT2D eigenvalue weighted by molar-refractivity contribution is -0.141. The van der Waals surface area contributed by atoms with Crippen LogP contribution in [0.4, 0.5) is 18.9 Å². The molecule has 1 aliphatic heterocycles. The molecule has 0 saturated carbocycles. The van der Waals surface area contributed by atoms with Crippen molar-refractivity contribution in [1.29, 1.82) is 0 Å². The number of anilines is 1. The number of aryl methyl sites for hydroxylation is 2. The molecule has 0 aromatic carbocycles. The minimum absolute atomic E-state index is 0.146. The number of aromatic nitrogens is 4. The fourth-order valence-electron chi connectivity index (χ4n) is 3.03. The van der Waals surface area contributed by atoms with E-state index in [-0.39, 0.29) is 23.0 Å². The quantitative estimate of drug-likeness (QED) is 0.878. The van der Waals surface area contributed by atoms with E-state index in [0.717, 1.165) is 23.9 Å². The lowest BCUT2D eigenvalue weighted by Gasteiger charge is -2.27. The second-order valence-corrected chi connectivity index (χ2v) is 6.37. The largest absolute Gasteiger partial charge is 0.435 e. The van der Waals surface area contributed by atoms with Gasteiger partial charge in [0.1, 0.15) is 11.4 Å². The molecule has 0 radical (unpaired) electrons. The Morgan fingerprint density at radius 2 is 1.78 bits per heavy atom. The van der Waals surface area contributed by atoms with Gasteiger partial charge in [-0.15, -0.1) is 0 Å². The highest BCUT2D eigenvalue weighted by atomic mass is 19.4. The number of carbonyl (C=O) groups excluding carboxylic acids is 2. The molecule has 3 heterocycles. The van der Waals surface area contributed by atoms with E-state index in [9.17, 15) is 22.8 Å². The molecule has 0 unspecified atom stereocenters. The van der Waals surface area contributed by atoms with Crippen molar-refractivity contribution in [1.82, 2.24) is 24.5 Å². The second-order valence-electron chi connectivity index (χ2n) is 6.37. The van der Waals surface area contributed by atoms with E-state index in [2.05, 4.69) is 15.5 Å². The van der Waals surface area contributed by atoms with Gasteiger partial charge in [-0.3, -0.25) is 19.0 Å². The molecule has 2 aromatic heterocycles. The Morgan fingerprint density at radius 1 is 1.11 bits per heavy atom. The van der Waals surface area contributed by atoms with Crippen molar-refractivity contribution in [3.63, 3.8) is 0 Å². The van der Waals surface area contributed by atoms with Crippen molar-refractivity contribution >= 4 is 17.5 Å². The van der Waals surface area contributed by atoms with Gasteiger partial charge in [0, 0.05) is 33.3 Å². The Hall–Kier alpha value is -2.85. The van der Waals surface area contributed by atoms with Crippen LogP contribution in [0.1, 0.15) is 45.9 Å². The Labute approximate surface area is 152 Å². The van der Waals surface area contributed by atoms with Crippen molar-refractivity contribution in [2.75, 3.05) is 18.4 Å². The molecule has 1 saturated heterocycles. The number of nitrogens with one attached hydrogen (secondary N) is 1. The van der Waals surface area contributed by atoms with E-state index >= 15 is 0 Å². The highest BCUT2D eigenvalue weighted by molar-refractivity contribution is 6.07. The van der Waals surface area contributed by atoms with Crippen LogP contribution in [0.5, 0.6) is 0 Å². The summed E-state index contributed by atoms with van der Waals surface area (Å²) in [5, 5.41) is 9.79. The van der Waals surface area contributed by atoms with E-state index in [1.165, 1.54) is 17.9 Å². The Morgan fingerprint density at radius 3 is 2.37 bits per heavy atom. The lowest BCUT2D eigenvalue weighted by Crippen LogP contribution is -2.37. The van der Waals surface area contributed by atoms with Crippen LogP contribution in [0.2, 0.25) is 0 Å². The predicted molar refractivity (Wildman–Crippen MR) is 89.1 cm³/mol. The molecule has 1 N–H and O–H groups in total. The summed E-state index contributed by atoms with van der Waals surface area (Å²) in [5.41, 5.74) is -1.11. The Balaban J connectivity index is 1.83. The van der Waals surface area contributed by atoms with Gasteiger partial charge < -0.3 is 10.2 Å². The number of hydrogen-bond donors (Lipinski definition) is 1. The van der Waals surface area contributed by atoms with Gasteiger partial charge in [-0.1, -0.05) is 0 Å². The monoisotopic (exact) mass is 384 g/mol. The average Bonchev–Trinajstić information content (AvgIpc) is 3.18. The maximum atomic E-state index is 12.8. The summed E-state index contributed by atoms with van der Waals surface area (Å²) in [6, 6.07) is 0.665. The van der Waals surface area contributed by atoms with Crippen molar-refractivity contribution in [2.45, 2.75) is 25.4 Å². The van der Waals surface area contributed by atoms with Gasteiger partial charge in [-0.25, -0.2) is 0 Å². The number of alkyl halides is 3. The zero-order valence-corrected chi connectivity index (χ0v) is 14.9. The molecule has 146 valence electrons. The number of piperidine rings is 1. The molecule has 2 amide bonds. The number of likely N-dealkylation sites (tertiary alicyclic amines) is 1. The third kappa shape index (κ3) is 3.81. The first kappa shape index (κ1) is 18.9. The van der Waals surface area contributed by atoms with Crippen LogP contribution in [0, 0.1) is 0 Å². The van der Waals surface area contributed by atoms with Crippen LogP contribution in [-0.2, 0) is 20.3 Å². The third-order valence-corrected chi connectivity index (χ3v) is 4.44. The van der Waals surface area contributed by atoms with E-state index in [0.29, 0.717) is 19.2 Å². The number of rotatable bonds is 3. The molecule has 2 aromatic rings. The van der Waals surface area contributed by atoms with Crippen molar-refractivity contribution < 1.29 is 22.8 Å². The Kier molecular flexibility index (Phi) is 4.94. The van der Waals surface area contributed by atoms with Gasteiger partial charge in [-0.2, -0.15) is 23.4 Å². The third-order valence-electron chi connectivity index (χ3n) is 4.44. The molecule has 11 heteroatoms. The summed E-state index contributed by atoms with van der Waals surface area (Å²) >= 11 is 0. The molecule has 27 heavy (non-hydrogen) atoms. The fourth-order valence-corrected chi connectivity index (χ4v) is 3.03. The molecule has 1 fully saturated rings. The lowest BCUT2D eigenvalue weighted by atomic mass is 10.1. The number of hydrogen-bond acceptors (Lipinski definition) is 4. The minimum atomic E-state index is -4.65. The zero-order valence-electron chi connectivity index (χ0n) is 14.9. The summed E-state index contributed by atoms with van der Waals surface area (Å²) in [4.78, 5) is 26.9. The topological polar surface area (TPSA) is 85.0 Å². The van der Waals surface area contributed by atoms with E-state index < -0.39 is 17.8 Å².